The first-order chi connectivity index (χ1) is 6.78. The van der Waals surface area contributed by atoms with Crippen LogP contribution in [-0.2, 0) is 19.2 Å². The van der Waals surface area contributed by atoms with Crippen LogP contribution >= 0.6 is 0 Å². The topological polar surface area (TPSA) is 141 Å². The van der Waals surface area contributed by atoms with Crippen molar-refractivity contribution in [3.63, 3.8) is 0 Å². The van der Waals surface area contributed by atoms with Crippen molar-refractivity contribution in [2.45, 2.75) is 19.8 Å². The zero-order valence-corrected chi connectivity index (χ0v) is 8.15. The number of hydrogen-bond donors (Lipinski definition) is 3. The molecule has 0 saturated carbocycles. The molecule has 0 saturated heterocycles. The maximum absolute atomic E-state index is 11.1. The van der Waals surface area contributed by atoms with Gasteiger partial charge in [0.2, 0.25) is 17.2 Å². The Morgan fingerprint density at radius 3 is 1.73 bits per heavy atom. The molecule has 5 N–H and O–H groups in total. The predicted octanol–water partition coefficient (Wildman–Crippen LogP) is -1.60. The number of hydrogen-bond acceptors (Lipinski definition) is 4. The van der Waals surface area contributed by atoms with Gasteiger partial charge in [-0.1, -0.05) is 6.92 Å². The highest BCUT2D eigenvalue weighted by Crippen LogP contribution is 2.23. The molecule has 84 valence electrons. The second kappa shape index (κ2) is 4.54. The second-order valence-corrected chi connectivity index (χ2v) is 3.01. The lowest BCUT2D eigenvalue weighted by molar-refractivity contribution is -0.161. The predicted molar refractivity (Wildman–Crippen MR) is 48.4 cm³/mol. The molecule has 0 rings (SSSR count). The lowest BCUT2D eigenvalue weighted by atomic mass is 9.81. The molecule has 0 heterocycles. The average Bonchev–Trinajstić information content (AvgIpc) is 2.11. The highest BCUT2D eigenvalue weighted by molar-refractivity contribution is 6.21. The largest absolute Gasteiger partial charge is 0.480 e. The van der Waals surface area contributed by atoms with Gasteiger partial charge in [0.1, 0.15) is 5.78 Å². The van der Waals surface area contributed by atoms with Gasteiger partial charge in [-0.25, -0.2) is 0 Å². The van der Waals surface area contributed by atoms with Crippen molar-refractivity contribution in [2.75, 3.05) is 0 Å². The van der Waals surface area contributed by atoms with Crippen molar-refractivity contribution >= 4 is 23.6 Å². The van der Waals surface area contributed by atoms with Crippen LogP contribution in [0.15, 0.2) is 0 Å². The van der Waals surface area contributed by atoms with Gasteiger partial charge in [0.15, 0.2) is 0 Å². The molecule has 0 aliphatic rings. The summed E-state index contributed by atoms with van der Waals surface area (Å²) in [6.45, 7) is 1.47. The molecule has 0 atom stereocenters. The van der Waals surface area contributed by atoms with Gasteiger partial charge in [0, 0.05) is 12.8 Å². The van der Waals surface area contributed by atoms with Crippen molar-refractivity contribution < 1.29 is 24.3 Å². The SMILES string of the molecule is CCC(=O)CC(C(N)=O)(C(N)=O)C(=O)O. The van der Waals surface area contributed by atoms with Crippen LogP contribution in [0.4, 0.5) is 0 Å². The Labute approximate surface area is 85.4 Å². The molecule has 0 bridgehead atoms. The number of amides is 2. The maximum Gasteiger partial charge on any atom is 0.329 e. The summed E-state index contributed by atoms with van der Waals surface area (Å²) in [4.78, 5) is 43.8. The lowest BCUT2D eigenvalue weighted by Crippen LogP contribution is -2.54. The minimum Gasteiger partial charge on any atom is -0.480 e. The number of nitrogens with two attached hydrogens (primary N) is 2. The number of carboxylic acids is 1. The van der Waals surface area contributed by atoms with Crippen LogP contribution in [-0.4, -0.2) is 28.7 Å². The molecule has 0 aromatic rings. The summed E-state index contributed by atoms with van der Waals surface area (Å²) >= 11 is 0. The van der Waals surface area contributed by atoms with Gasteiger partial charge >= 0.3 is 5.97 Å². The molecule has 0 aromatic heterocycles. The smallest absolute Gasteiger partial charge is 0.329 e. The number of Topliss-reactive ketones (excluding diaryl/α,β-unsaturated/α-hetero) is 1. The molecular weight excluding hydrogens is 204 g/mol. The van der Waals surface area contributed by atoms with Gasteiger partial charge in [0.25, 0.3) is 0 Å². The highest BCUT2D eigenvalue weighted by Gasteiger charge is 2.52. The van der Waals surface area contributed by atoms with Crippen molar-refractivity contribution in [3.8, 4) is 0 Å². The van der Waals surface area contributed by atoms with Gasteiger partial charge in [-0.05, 0) is 0 Å². The normalized spacial score (nSPS) is 10.7. The van der Waals surface area contributed by atoms with Crippen molar-refractivity contribution in [1.82, 2.24) is 0 Å². The summed E-state index contributed by atoms with van der Waals surface area (Å²) < 4.78 is 0. The van der Waals surface area contributed by atoms with Crippen molar-refractivity contribution in [2.24, 2.45) is 16.9 Å². The monoisotopic (exact) mass is 216 g/mol. The summed E-state index contributed by atoms with van der Waals surface area (Å²) in [7, 11) is 0. The van der Waals surface area contributed by atoms with Gasteiger partial charge in [-0.2, -0.15) is 0 Å². The number of rotatable bonds is 6. The minimum atomic E-state index is -2.63. The number of ketones is 1. The number of carbonyl (C=O) groups is 4. The van der Waals surface area contributed by atoms with Crippen LogP contribution in [0.3, 0.4) is 0 Å². The molecule has 7 heteroatoms. The van der Waals surface area contributed by atoms with E-state index in [0.29, 0.717) is 0 Å². The van der Waals surface area contributed by atoms with Gasteiger partial charge in [0.05, 0.1) is 0 Å². The molecule has 0 fully saturated rings. The van der Waals surface area contributed by atoms with Crippen LogP contribution in [0.2, 0.25) is 0 Å². The van der Waals surface area contributed by atoms with E-state index >= 15 is 0 Å². The first-order valence-corrected chi connectivity index (χ1v) is 4.14. The Balaban J connectivity index is 5.34. The number of carbonyl (C=O) groups excluding carboxylic acids is 3. The summed E-state index contributed by atoms with van der Waals surface area (Å²) in [6, 6.07) is 0. The molecule has 0 unspecified atom stereocenters. The first kappa shape index (κ1) is 13.1. The lowest BCUT2D eigenvalue weighted by Gasteiger charge is -2.20. The Morgan fingerprint density at radius 1 is 1.13 bits per heavy atom. The summed E-state index contributed by atoms with van der Waals surface area (Å²) in [5.74, 6) is -5.23. The summed E-state index contributed by atoms with van der Waals surface area (Å²) in [5, 5.41) is 8.76. The molecule has 0 spiro atoms. The molecule has 0 aliphatic heterocycles. The van der Waals surface area contributed by atoms with Gasteiger partial charge in [-0.3, -0.25) is 19.2 Å². The first-order valence-electron chi connectivity index (χ1n) is 4.14. The van der Waals surface area contributed by atoms with E-state index in [1.807, 2.05) is 0 Å². The van der Waals surface area contributed by atoms with Crippen LogP contribution in [0.5, 0.6) is 0 Å². The average molecular weight is 216 g/mol. The van der Waals surface area contributed by atoms with Gasteiger partial charge < -0.3 is 16.6 Å². The fourth-order valence-electron chi connectivity index (χ4n) is 1.00. The van der Waals surface area contributed by atoms with Crippen LogP contribution in [0.25, 0.3) is 0 Å². The van der Waals surface area contributed by atoms with Crippen LogP contribution in [0, 0.1) is 5.41 Å². The van der Waals surface area contributed by atoms with E-state index in [1.54, 1.807) is 0 Å². The zero-order chi connectivity index (χ0) is 12.2. The number of carboxylic acid groups (broad SMARTS) is 1. The van der Waals surface area contributed by atoms with Crippen LogP contribution in [0.1, 0.15) is 19.8 Å². The van der Waals surface area contributed by atoms with E-state index in [2.05, 4.69) is 0 Å². The molecule has 0 aliphatic carbocycles. The van der Waals surface area contributed by atoms with Crippen molar-refractivity contribution in [3.05, 3.63) is 0 Å². The molecular formula is C8H12N2O5. The molecule has 7 nitrogen and oxygen atoms in total. The Morgan fingerprint density at radius 2 is 1.53 bits per heavy atom. The van der Waals surface area contributed by atoms with Gasteiger partial charge in [-0.15, -0.1) is 0 Å². The Hall–Kier alpha value is -1.92. The Bertz CT molecular complexity index is 287. The highest BCUT2D eigenvalue weighted by atomic mass is 16.4. The zero-order valence-electron chi connectivity index (χ0n) is 8.15. The molecule has 15 heavy (non-hydrogen) atoms. The van der Waals surface area contributed by atoms with E-state index in [1.165, 1.54) is 6.92 Å². The fraction of sp³-hybridized carbons (Fsp3) is 0.500. The van der Waals surface area contributed by atoms with Crippen LogP contribution < -0.4 is 11.5 Å². The minimum absolute atomic E-state index is 0.00438. The standard InChI is InChI=1S/C8H12N2O5/c1-2-4(11)3-8(5(9)12,6(10)13)7(14)15/h2-3H2,1H3,(H2,9,12)(H2,10,13)(H,14,15). The third-order valence-corrected chi connectivity index (χ3v) is 2.06. The van der Waals surface area contributed by atoms with E-state index in [0.717, 1.165) is 0 Å². The Kier molecular flexibility index (Phi) is 3.96. The van der Waals surface area contributed by atoms with E-state index in [9.17, 15) is 19.2 Å². The summed E-state index contributed by atoms with van der Waals surface area (Å²) in [6.07, 6.45) is -0.806. The van der Waals surface area contributed by atoms with E-state index in [-0.39, 0.29) is 6.42 Å². The third kappa shape index (κ3) is 2.30. The van der Waals surface area contributed by atoms with E-state index < -0.39 is 35.4 Å². The van der Waals surface area contributed by atoms with Crippen molar-refractivity contribution in [1.29, 1.82) is 0 Å². The fourth-order valence-corrected chi connectivity index (χ4v) is 1.00. The number of primary amides is 2. The molecule has 0 aromatic carbocycles. The van der Waals surface area contributed by atoms with E-state index in [4.69, 9.17) is 16.6 Å². The third-order valence-electron chi connectivity index (χ3n) is 2.06. The maximum atomic E-state index is 11.1. The molecule has 0 radical (unpaired) electrons. The second-order valence-electron chi connectivity index (χ2n) is 3.01. The molecule has 2 amide bonds. The number of aliphatic carboxylic acids is 1. The summed E-state index contributed by atoms with van der Waals surface area (Å²) in [5.41, 5.74) is 6.98. The quantitative estimate of drug-likeness (QED) is 0.458.